The highest BCUT2D eigenvalue weighted by Gasteiger charge is 2.27. The number of benzene rings is 2. The molecule has 0 bridgehead atoms. The van der Waals surface area contributed by atoms with E-state index in [1.54, 1.807) is 18.2 Å². The maximum atomic E-state index is 14.4. The summed E-state index contributed by atoms with van der Waals surface area (Å²) in [6.07, 6.45) is 0.802. The van der Waals surface area contributed by atoms with Crippen molar-refractivity contribution < 1.29 is 9.23 Å². The van der Waals surface area contributed by atoms with Gasteiger partial charge in [0, 0.05) is 41.9 Å². The number of rotatable bonds is 5. The second-order valence-electron chi connectivity index (χ2n) is 6.40. The third-order valence-corrected chi connectivity index (χ3v) is 5.23. The normalized spacial score (nSPS) is 17.5. The summed E-state index contributed by atoms with van der Waals surface area (Å²) in [6.45, 7) is 4.43. The van der Waals surface area contributed by atoms with Gasteiger partial charge < -0.3 is 4.90 Å². The van der Waals surface area contributed by atoms with Crippen molar-refractivity contribution >= 4 is 28.9 Å². The van der Waals surface area contributed by atoms with Crippen LogP contribution >= 0.6 is 23.2 Å². The Bertz CT molecular complexity index is 856. The van der Waals surface area contributed by atoms with Gasteiger partial charge in [0.1, 0.15) is 11.9 Å². The molecule has 0 aromatic heterocycles. The molecule has 2 aromatic rings. The van der Waals surface area contributed by atoms with E-state index in [4.69, 9.17) is 33.3 Å². The SMILES string of the molecule is CCN1C[C@@H](N(Cc2cc(Cl)ccc2F)c2ccc(C#N)c(Cl)c2)CCO1. The summed E-state index contributed by atoms with van der Waals surface area (Å²) in [7, 11) is 0. The molecule has 1 heterocycles. The molecule has 4 nitrogen and oxygen atoms in total. The minimum Gasteiger partial charge on any atom is -0.363 e. The molecule has 0 radical (unpaired) electrons. The van der Waals surface area contributed by atoms with E-state index in [0.717, 1.165) is 18.7 Å². The average Bonchev–Trinajstić information content (AvgIpc) is 2.68. The van der Waals surface area contributed by atoms with Gasteiger partial charge in [0.25, 0.3) is 0 Å². The summed E-state index contributed by atoms with van der Waals surface area (Å²) in [6, 6.07) is 12.0. The summed E-state index contributed by atoms with van der Waals surface area (Å²) >= 11 is 12.3. The maximum Gasteiger partial charge on any atom is 0.128 e. The van der Waals surface area contributed by atoms with Crippen LogP contribution in [0.4, 0.5) is 10.1 Å². The van der Waals surface area contributed by atoms with Crippen molar-refractivity contribution in [2.75, 3.05) is 24.6 Å². The summed E-state index contributed by atoms with van der Waals surface area (Å²) in [5, 5.41) is 11.9. The van der Waals surface area contributed by atoms with E-state index >= 15 is 0 Å². The Balaban J connectivity index is 1.97. The molecule has 7 heteroatoms. The number of nitrogens with zero attached hydrogens (tertiary/aromatic N) is 3. The van der Waals surface area contributed by atoms with Crippen LogP contribution in [0.5, 0.6) is 0 Å². The third-order valence-electron chi connectivity index (χ3n) is 4.69. The lowest BCUT2D eigenvalue weighted by Crippen LogP contribution is -2.48. The van der Waals surface area contributed by atoms with Crippen LogP contribution in [0.2, 0.25) is 10.0 Å². The largest absolute Gasteiger partial charge is 0.363 e. The number of likely N-dealkylation sites (N-methyl/N-ethyl adjacent to an activating group) is 1. The van der Waals surface area contributed by atoms with Gasteiger partial charge >= 0.3 is 0 Å². The molecule has 0 saturated carbocycles. The quantitative estimate of drug-likeness (QED) is 0.695. The first-order chi connectivity index (χ1) is 13.0. The predicted octanol–water partition coefficient (Wildman–Crippen LogP) is 5.04. The first-order valence-corrected chi connectivity index (χ1v) is 9.55. The Morgan fingerprint density at radius 1 is 1.30 bits per heavy atom. The Kier molecular flexibility index (Phi) is 6.56. The predicted molar refractivity (Wildman–Crippen MR) is 105 cm³/mol. The fraction of sp³-hybridized carbons (Fsp3) is 0.350. The number of halogens is 3. The zero-order chi connectivity index (χ0) is 19.4. The van der Waals surface area contributed by atoms with E-state index in [-0.39, 0.29) is 11.9 Å². The summed E-state index contributed by atoms with van der Waals surface area (Å²) in [4.78, 5) is 7.74. The van der Waals surface area contributed by atoms with Crippen molar-refractivity contribution in [1.82, 2.24) is 5.06 Å². The number of hydrogen-bond donors (Lipinski definition) is 0. The van der Waals surface area contributed by atoms with Crippen LogP contribution in [0, 0.1) is 17.1 Å². The molecular weight excluding hydrogens is 388 g/mol. The van der Waals surface area contributed by atoms with E-state index in [1.807, 2.05) is 18.1 Å². The average molecular weight is 408 g/mol. The van der Waals surface area contributed by atoms with Gasteiger partial charge in [-0.1, -0.05) is 30.1 Å². The van der Waals surface area contributed by atoms with Gasteiger partial charge in [-0.25, -0.2) is 4.39 Å². The highest BCUT2D eigenvalue weighted by Crippen LogP contribution is 2.29. The topological polar surface area (TPSA) is 39.5 Å². The lowest BCUT2D eigenvalue weighted by Gasteiger charge is -2.40. The minimum atomic E-state index is -0.302. The van der Waals surface area contributed by atoms with Gasteiger partial charge in [-0.2, -0.15) is 10.3 Å². The molecular formula is C20H20Cl2FN3O. The molecule has 2 aromatic carbocycles. The molecule has 1 fully saturated rings. The molecule has 0 unspecified atom stereocenters. The molecule has 1 aliphatic rings. The van der Waals surface area contributed by atoms with Crippen LogP contribution in [0.15, 0.2) is 36.4 Å². The van der Waals surface area contributed by atoms with Crippen molar-refractivity contribution in [2.24, 2.45) is 0 Å². The van der Waals surface area contributed by atoms with Crippen molar-refractivity contribution in [3.8, 4) is 6.07 Å². The third kappa shape index (κ3) is 4.72. The fourth-order valence-electron chi connectivity index (χ4n) is 3.22. The molecule has 27 heavy (non-hydrogen) atoms. The lowest BCUT2D eigenvalue weighted by molar-refractivity contribution is -0.182. The molecule has 142 valence electrons. The molecule has 0 spiro atoms. The molecule has 1 atom stereocenters. The van der Waals surface area contributed by atoms with Crippen molar-refractivity contribution in [3.63, 3.8) is 0 Å². The van der Waals surface area contributed by atoms with Gasteiger partial charge in [0.05, 0.1) is 17.2 Å². The van der Waals surface area contributed by atoms with E-state index in [1.165, 1.54) is 12.1 Å². The highest BCUT2D eigenvalue weighted by molar-refractivity contribution is 6.32. The van der Waals surface area contributed by atoms with Crippen molar-refractivity contribution in [2.45, 2.75) is 25.9 Å². The van der Waals surface area contributed by atoms with Gasteiger partial charge in [-0.05, 0) is 42.8 Å². The van der Waals surface area contributed by atoms with E-state index < -0.39 is 0 Å². The van der Waals surface area contributed by atoms with Crippen LogP contribution in [0.3, 0.4) is 0 Å². The molecule has 1 aliphatic heterocycles. The molecule has 1 saturated heterocycles. The first kappa shape index (κ1) is 19.9. The Morgan fingerprint density at radius 3 is 2.81 bits per heavy atom. The summed E-state index contributed by atoms with van der Waals surface area (Å²) < 4.78 is 14.4. The van der Waals surface area contributed by atoms with Crippen LogP contribution in [0.25, 0.3) is 0 Å². The minimum absolute atomic E-state index is 0.112. The molecule has 0 N–H and O–H groups in total. The monoisotopic (exact) mass is 407 g/mol. The lowest BCUT2D eigenvalue weighted by atomic mass is 10.1. The van der Waals surface area contributed by atoms with Crippen LogP contribution < -0.4 is 4.90 Å². The number of nitriles is 1. The zero-order valence-electron chi connectivity index (χ0n) is 15.0. The summed E-state index contributed by atoms with van der Waals surface area (Å²) in [5.41, 5.74) is 1.76. The van der Waals surface area contributed by atoms with Crippen LogP contribution in [-0.4, -0.2) is 30.8 Å². The number of anilines is 1. The molecule has 0 aliphatic carbocycles. The summed E-state index contributed by atoms with van der Waals surface area (Å²) in [5.74, 6) is -0.302. The Hall–Kier alpha value is -1.84. The van der Waals surface area contributed by atoms with Gasteiger partial charge in [-0.3, -0.25) is 4.84 Å². The van der Waals surface area contributed by atoms with Crippen molar-refractivity contribution in [3.05, 3.63) is 63.4 Å². The van der Waals surface area contributed by atoms with Gasteiger partial charge in [0.2, 0.25) is 0 Å². The maximum absolute atomic E-state index is 14.4. The number of hydrogen-bond acceptors (Lipinski definition) is 4. The second kappa shape index (κ2) is 8.90. The first-order valence-electron chi connectivity index (χ1n) is 8.80. The van der Waals surface area contributed by atoms with E-state index in [2.05, 4.69) is 11.0 Å². The molecule has 3 rings (SSSR count). The van der Waals surface area contributed by atoms with Gasteiger partial charge in [0.15, 0.2) is 0 Å². The number of hydroxylamine groups is 2. The zero-order valence-corrected chi connectivity index (χ0v) is 16.5. The van der Waals surface area contributed by atoms with E-state index in [9.17, 15) is 4.39 Å². The Morgan fingerprint density at radius 2 is 2.11 bits per heavy atom. The fourth-order valence-corrected chi connectivity index (χ4v) is 3.64. The van der Waals surface area contributed by atoms with Crippen LogP contribution in [-0.2, 0) is 11.4 Å². The second-order valence-corrected chi connectivity index (χ2v) is 7.24. The van der Waals surface area contributed by atoms with E-state index in [0.29, 0.717) is 40.9 Å². The van der Waals surface area contributed by atoms with Crippen LogP contribution in [0.1, 0.15) is 24.5 Å². The van der Waals surface area contributed by atoms with Crippen molar-refractivity contribution in [1.29, 1.82) is 5.26 Å². The Labute approximate surface area is 168 Å². The smallest absolute Gasteiger partial charge is 0.128 e. The standard InChI is InChI=1S/C20H20Cl2FN3O/c1-2-25-13-18(7-8-27-25)26(12-15-9-16(21)4-6-20(15)23)17-5-3-14(11-24)19(22)10-17/h3-6,9-10,18H,2,7-8,12-13H2,1H3/t18-/m0/s1. The molecule has 0 amide bonds. The van der Waals surface area contributed by atoms with Gasteiger partial charge in [-0.15, -0.1) is 0 Å². The highest BCUT2D eigenvalue weighted by atomic mass is 35.5.